The van der Waals surface area contributed by atoms with Crippen LogP contribution < -0.4 is 20.9 Å². The first kappa shape index (κ1) is 28.6. The van der Waals surface area contributed by atoms with Gasteiger partial charge < -0.3 is 20.1 Å². The highest BCUT2D eigenvalue weighted by molar-refractivity contribution is 6.03. The molecule has 10 nitrogen and oxygen atoms in total. The molecule has 42 heavy (non-hydrogen) atoms. The number of hydrogen-bond acceptors (Lipinski definition) is 7. The Kier molecular flexibility index (Phi) is 7.13. The Morgan fingerprint density at radius 1 is 1.02 bits per heavy atom. The van der Waals surface area contributed by atoms with Crippen molar-refractivity contribution in [1.82, 2.24) is 19.9 Å². The first-order valence-corrected chi connectivity index (χ1v) is 12.9. The summed E-state index contributed by atoms with van der Waals surface area (Å²) in [7, 11) is 0. The quantitative estimate of drug-likeness (QED) is 0.315. The molecule has 0 unspecified atom stereocenters. The van der Waals surface area contributed by atoms with Crippen LogP contribution in [0.4, 0.5) is 23.7 Å². The van der Waals surface area contributed by atoms with Gasteiger partial charge in [-0.2, -0.15) is 0 Å². The van der Waals surface area contributed by atoms with Gasteiger partial charge in [-0.1, -0.05) is 12.1 Å². The molecule has 0 bridgehead atoms. The van der Waals surface area contributed by atoms with Gasteiger partial charge in [-0.25, -0.2) is 9.78 Å². The van der Waals surface area contributed by atoms with Gasteiger partial charge in [0.05, 0.1) is 22.3 Å². The Labute approximate surface area is 237 Å². The molecular formula is C29H26F3N5O5. The summed E-state index contributed by atoms with van der Waals surface area (Å²) < 4.78 is 50.0. The molecule has 2 amide bonds. The largest absolute Gasteiger partial charge is 0.573 e. The summed E-state index contributed by atoms with van der Waals surface area (Å²) in [6.45, 7) is 4.96. The average molecular weight is 582 g/mol. The van der Waals surface area contributed by atoms with E-state index in [2.05, 4.69) is 25.3 Å². The number of rotatable bonds is 6. The number of ether oxygens (including phenoxy) is 2. The van der Waals surface area contributed by atoms with E-state index >= 15 is 0 Å². The summed E-state index contributed by atoms with van der Waals surface area (Å²) in [4.78, 5) is 47.3. The van der Waals surface area contributed by atoms with E-state index in [4.69, 9.17) is 4.74 Å². The van der Waals surface area contributed by atoms with Gasteiger partial charge in [0.25, 0.3) is 5.56 Å². The minimum Gasteiger partial charge on any atom is -0.444 e. The van der Waals surface area contributed by atoms with Gasteiger partial charge in [0.2, 0.25) is 5.91 Å². The van der Waals surface area contributed by atoms with Gasteiger partial charge in [-0.05, 0) is 75.6 Å². The Morgan fingerprint density at radius 2 is 1.79 bits per heavy atom. The number of anilines is 1. The van der Waals surface area contributed by atoms with Crippen molar-refractivity contribution in [3.05, 3.63) is 77.6 Å². The van der Waals surface area contributed by atoms with Crippen LogP contribution in [0.2, 0.25) is 0 Å². The lowest BCUT2D eigenvalue weighted by Gasteiger charge is -2.23. The molecule has 2 aromatic carbocycles. The molecule has 1 aliphatic carbocycles. The number of amides is 2. The van der Waals surface area contributed by atoms with Crippen molar-refractivity contribution in [3.8, 4) is 22.6 Å². The van der Waals surface area contributed by atoms with Crippen LogP contribution >= 0.6 is 0 Å². The Hall–Kier alpha value is -4.94. The molecule has 2 N–H and O–H groups in total. The molecule has 0 spiro atoms. The van der Waals surface area contributed by atoms with Crippen LogP contribution in [0.25, 0.3) is 27.7 Å². The lowest BCUT2D eigenvalue weighted by molar-refractivity contribution is -0.274. The SMILES string of the molecule is CC(C)(C)OC(=O)NC1(C(=O)Nc2cc(-n3cnc4cc(-c5cccnc5)ccc4c3=O)ccc2OC(F)(F)F)CC1. The highest BCUT2D eigenvalue weighted by Crippen LogP contribution is 2.39. The fraction of sp³-hybridized carbons (Fsp3) is 0.276. The number of aromatic nitrogens is 3. The third kappa shape index (κ3) is 6.35. The Morgan fingerprint density at radius 3 is 2.43 bits per heavy atom. The van der Waals surface area contributed by atoms with Crippen LogP contribution in [0.3, 0.4) is 0 Å². The fourth-order valence-corrected chi connectivity index (χ4v) is 4.27. The van der Waals surface area contributed by atoms with Crippen molar-refractivity contribution in [3.63, 3.8) is 0 Å². The zero-order valence-corrected chi connectivity index (χ0v) is 22.8. The second kappa shape index (κ2) is 10.5. The molecule has 5 rings (SSSR count). The minimum absolute atomic E-state index is 0.125. The van der Waals surface area contributed by atoms with Crippen molar-refractivity contribution < 1.29 is 32.2 Å². The van der Waals surface area contributed by atoms with Gasteiger partial charge in [0, 0.05) is 18.0 Å². The Bertz CT molecular complexity index is 1730. The maximum Gasteiger partial charge on any atom is 0.573 e. The highest BCUT2D eigenvalue weighted by atomic mass is 19.4. The number of halogens is 3. The number of nitrogens with zero attached hydrogens (tertiary/aromatic N) is 3. The summed E-state index contributed by atoms with van der Waals surface area (Å²) in [5.41, 5.74) is -0.849. The first-order valence-electron chi connectivity index (χ1n) is 12.9. The molecule has 2 heterocycles. The monoisotopic (exact) mass is 581 g/mol. The van der Waals surface area contributed by atoms with E-state index in [0.29, 0.717) is 5.52 Å². The predicted molar refractivity (Wildman–Crippen MR) is 147 cm³/mol. The molecule has 1 aliphatic rings. The molecule has 0 aliphatic heterocycles. The number of fused-ring (bicyclic) bond motifs is 1. The second-order valence-electron chi connectivity index (χ2n) is 10.8. The van der Waals surface area contributed by atoms with Crippen LogP contribution in [0.1, 0.15) is 33.6 Å². The topological polar surface area (TPSA) is 124 Å². The third-order valence-corrected chi connectivity index (χ3v) is 6.39. The van der Waals surface area contributed by atoms with Crippen molar-refractivity contribution in [2.24, 2.45) is 0 Å². The van der Waals surface area contributed by atoms with E-state index in [-0.39, 0.29) is 29.6 Å². The second-order valence-corrected chi connectivity index (χ2v) is 10.8. The van der Waals surface area contributed by atoms with Crippen molar-refractivity contribution in [2.45, 2.75) is 51.1 Å². The van der Waals surface area contributed by atoms with E-state index in [0.717, 1.165) is 21.8 Å². The number of hydrogen-bond donors (Lipinski definition) is 2. The summed E-state index contributed by atoms with van der Waals surface area (Å²) in [5.74, 6) is -1.46. The summed E-state index contributed by atoms with van der Waals surface area (Å²) in [6.07, 6.45) is -0.820. The molecule has 2 aromatic heterocycles. The molecule has 13 heteroatoms. The number of carbonyl (C=O) groups excluding carboxylic acids is 2. The van der Waals surface area contributed by atoms with E-state index < -0.39 is 40.8 Å². The molecular weight excluding hydrogens is 555 g/mol. The predicted octanol–water partition coefficient (Wildman–Crippen LogP) is 5.34. The standard InChI is InChI=1S/C29H26F3N5O5/c1-27(2,3)42-26(40)36-28(10-11-28)25(39)35-22-14-19(7-9-23(22)41-29(30,31)32)37-16-34-21-13-17(6-8-20(21)24(37)38)18-5-4-12-33-15-18/h4-9,12-16H,10-11H2,1-3H3,(H,35,39)(H,36,40). The number of benzene rings is 2. The van der Waals surface area contributed by atoms with Crippen LogP contribution in [0.15, 0.2) is 72.0 Å². The number of pyridine rings is 1. The van der Waals surface area contributed by atoms with Gasteiger partial charge in [-0.3, -0.25) is 19.1 Å². The minimum atomic E-state index is -5.06. The van der Waals surface area contributed by atoms with E-state index in [1.165, 1.54) is 18.5 Å². The summed E-state index contributed by atoms with van der Waals surface area (Å²) in [6, 6.07) is 12.1. The van der Waals surface area contributed by atoms with Crippen LogP contribution in [0.5, 0.6) is 5.75 Å². The smallest absolute Gasteiger partial charge is 0.444 e. The lowest BCUT2D eigenvalue weighted by atomic mass is 10.1. The van der Waals surface area contributed by atoms with Gasteiger partial charge >= 0.3 is 12.5 Å². The molecule has 1 fully saturated rings. The normalized spacial score (nSPS) is 14.2. The van der Waals surface area contributed by atoms with Crippen molar-refractivity contribution >= 4 is 28.6 Å². The molecule has 0 atom stereocenters. The summed E-state index contributed by atoms with van der Waals surface area (Å²) in [5, 5.41) is 5.19. The average Bonchev–Trinajstić information content (AvgIpc) is 3.69. The first-order chi connectivity index (χ1) is 19.7. The van der Waals surface area contributed by atoms with Gasteiger partial charge in [0.15, 0.2) is 5.75 Å². The molecule has 218 valence electrons. The molecule has 1 saturated carbocycles. The Balaban J connectivity index is 1.47. The molecule has 0 saturated heterocycles. The highest BCUT2D eigenvalue weighted by Gasteiger charge is 2.52. The van der Waals surface area contributed by atoms with Crippen LogP contribution in [-0.2, 0) is 9.53 Å². The van der Waals surface area contributed by atoms with Crippen molar-refractivity contribution in [2.75, 3.05) is 5.32 Å². The molecule has 0 radical (unpaired) electrons. The molecule has 4 aromatic rings. The number of carbonyl (C=O) groups is 2. The lowest BCUT2D eigenvalue weighted by Crippen LogP contribution is -2.47. The van der Waals surface area contributed by atoms with Crippen LogP contribution in [-0.4, -0.2) is 44.0 Å². The van der Waals surface area contributed by atoms with Crippen molar-refractivity contribution in [1.29, 1.82) is 0 Å². The van der Waals surface area contributed by atoms with Crippen LogP contribution in [0, 0.1) is 0 Å². The van der Waals surface area contributed by atoms with Gasteiger partial charge in [-0.15, -0.1) is 13.2 Å². The fourth-order valence-electron chi connectivity index (χ4n) is 4.27. The number of nitrogens with one attached hydrogen (secondary N) is 2. The third-order valence-electron chi connectivity index (χ3n) is 6.39. The maximum absolute atomic E-state index is 13.4. The zero-order chi connectivity index (χ0) is 30.3. The number of alkyl halides is 3. The van der Waals surface area contributed by atoms with E-state index in [9.17, 15) is 27.6 Å². The summed E-state index contributed by atoms with van der Waals surface area (Å²) >= 11 is 0. The van der Waals surface area contributed by atoms with Gasteiger partial charge in [0.1, 0.15) is 17.5 Å². The van der Waals surface area contributed by atoms with E-state index in [1.54, 1.807) is 57.4 Å². The van der Waals surface area contributed by atoms with E-state index in [1.807, 2.05) is 6.07 Å². The maximum atomic E-state index is 13.4. The zero-order valence-electron chi connectivity index (χ0n) is 22.8. The number of alkyl carbamates (subject to hydrolysis) is 1.